The van der Waals surface area contributed by atoms with Crippen LogP contribution in [0.4, 0.5) is 5.95 Å². The van der Waals surface area contributed by atoms with Crippen molar-refractivity contribution < 1.29 is 9.47 Å². The first-order valence-corrected chi connectivity index (χ1v) is 13.5. The number of hydrogen-bond acceptors (Lipinski definition) is 6. The Kier molecular flexibility index (Phi) is 6.65. The summed E-state index contributed by atoms with van der Waals surface area (Å²) < 4.78 is 12.4. The zero-order chi connectivity index (χ0) is 26.8. The van der Waals surface area contributed by atoms with Crippen molar-refractivity contribution in [1.82, 2.24) is 9.55 Å². The Morgan fingerprint density at radius 3 is 2.46 bits per heavy atom. The van der Waals surface area contributed by atoms with E-state index in [0.717, 1.165) is 60.2 Å². The Morgan fingerprint density at radius 1 is 0.923 bits per heavy atom. The molecule has 7 heteroatoms. The molecule has 6 rings (SSSR count). The van der Waals surface area contributed by atoms with Crippen molar-refractivity contribution >= 4 is 12.2 Å². The minimum Gasteiger partial charge on any atom is -0.497 e. The third-order valence-electron chi connectivity index (χ3n) is 8.03. The molecule has 2 aliphatic carbocycles. The third-order valence-corrected chi connectivity index (χ3v) is 8.03. The SMILES string of the molecule is COc1ccc(/C=N\Nc2nc3c(c(=O)n2-c2cccc(OC)c2)C2(CCCCC2)Cc2ccccc2-3)cc1. The van der Waals surface area contributed by atoms with Crippen molar-refractivity contribution in [2.75, 3.05) is 19.6 Å². The van der Waals surface area contributed by atoms with Crippen molar-refractivity contribution in [2.24, 2.45) is 5.10 Å². The second-order valence-electron chi connectivity index (χ2n) is 10.3. The van der Waals surface area contributed by atoms with Crippen LogP contribution in [0, 0.1) is 0 Å². The molecule has 0 atom stereocenters. The molecule has 7 nitrogen and oxygen atoms in total. The van der Waals surface area contributed by atoms with Gasteiger partial charge in [-0.1, -0.05) is 49.6 Å². The number of hydrazone groups is 1. The highest BCUT2D eigenvalue weighted by Gasteiger charge is 2.43. The molecular formula is C32H32N4O3. The molecule has 0 radical (unpaired) electrons. The Bertz CT molecular complexity index is 1580. The number of methoxy groups -OCH3 is 2. The molecule has 1 heterocycles. The van der Waals surface area contributed by atoms with Crippen LogP contribution in [-0.4, -0.2) is 30.0 Å². The highest BCUT2D eigenvalue weighted by Crippen LogP contribution is 2.48. The van der Waals surface area contributed by atoms with Gasteiger partial charge in [-0.15, -0.1) is 0 Å². The number of anilines is 1. The first-order chi connectivity index (χ1) is 19.1. The van der Waals surface area contributed by atoms with E-state index in [1.807, 2.05) is 54.6 Å². The number of rotatable bonds is 6. The fraction of sp³-hybridized carbons (Fsp3) is 0.281. The third kappa shape index (κ3) is 4.58. The maximum absolute atomic E-state index is 14.6. The monoisotopic (exact) mass is 520 g/mol. The number of benzene rings is 3. The van der Waals surface area contributed by atoms with Crippen LogP contribution in [0.5, 0.6) is 11.5 Å². The van der Waals surface area contributed by atoms with E-state index in [-0.39, 0.29) is 11.0 Å². The summed E-state index contributed by atoms with van der Waals surface area (Å²) >= 11 is 0. The van der Waals surface area contributed by atoms with E-state index in [1.165, 1.54) is 12.0 Å². The predicted molar refractivity (Wildman–Crippen MR) is 154 cm³/mol. The first-order valence-electron chi connectivity index (χ1n) is 13.5. The van der Waals surface area contributed by atoms with Gasteiger partial charge in [-0.05, 0) is 66.8 Å². The molecule has 39 heavy (non-hydrogen) atoms. The molecule has 1 saturated carbocycles. The van der Waals surface area contributed by atoms with Crippen LogP contribution in [0.3, 0.4) is 0 Å². The van der Waals surface area contributed by atoms with Gasteiger partial charge in [-0.3, -0.25) is 4.79 Å². The fourth-order valence-corrected chi connectivity index (χ4v) is 6.13. The number of fused-ring (bicyclic) bond motifs is 4. The summed E-state index contributed by atoms with van der Waals surface area (Å²) in [5, 5.41) is 4.48. The van der Waals surface area contributed by atoms with E-state index in [2.05, 4.69) is 28.7 Å². The van der Waals surface area contributed by atoms with Crippen LogP contribution in [0.2, 0.25) is 0 Å². The van der Waals surface area contributed by atoms with Crippen LogP contribution in [0.15, 0.2) is 82.7 Å². The number of aromatic nitrogens is 2. The summed E-state index contributed by atoms with van der Waals surface area (Å²) in [5.74, 6) is 1.81. The molecule has 1 N–H and O–H groups in total. The molecule has 3 aromatic carbocycles. The lowest BCUT2D eigenvalue weighted by Crippen LogP contribution is -2.42. The molecule has 1 fully saturated rings. The lowest BCUT2D eigenvalue weighted by molar-refractivity contribution is 0.284. The van der Waals surface area contributed by atoms with E-state index in [4.69, 9.17) is 14.5 Å². The maximum Gasteiger partial charge on any atom is 0.263 e. The van der Waals surface area contributed by atoms with Crippen LogP contribution in [0.25, 0.3) is 16.9 Å². The lowest BCUT2D eigenvalue weighted by Gasteiger charge is -2.42. The van der Waals surface area contributed by atoms with Crippen molar-refractivity contribution in [3.63, 3.8) is 0 Å². The largest absolute Gasteiger partial charge is 0.497 e. The van der Waals surface area contributed by atoms with Crippen molar-refractivity contribution in [1.29, 1.82) is 0 Å². The quantitative estimate of drug-likeness (QED) is 0.245. The molecular weight excluding hydrogens is 488 g/mol. The molecule has 0 aliphatic heterocycles. The summed E-state index contributed by atoms with van der Waals surface area (Å²) in [7, 11) is 3.26. The smallest absolute Gasteiger partial charge is 0.263 e. The highest BCUT2D eigenvalue weighted by molar-refractivity contribution is 5.80. The Hall–Kier alpha value is -4.39. The second kappa shape index (κ2) is 10.4. The van der Waals surface area contributed by atoms with E-state index in [1.54, 1.807) is 25.0 Å². The van der Waals surface area contributed by atoms with Gasteiger partial charge < -0.3 is 9.47 Å². The zero-order valence-electron chi connectivity index (χ0n) is 22.3. The van der Waals surface area contributed by atoms with E-state index >= 15 is 0 Å². The Morgan fingerprint density at radius 2 is 1.69 bits per heavy atom. The molecule has 1 spiro atoms. The molecule has 0 bridgehead atoms. The summed E-state index contributed by atoms with van der Waals surface area (Å²) in [6.45, 7) is 0. The zero-order valence-corrected chi connectivity index (χ0v) is 22.3. The van der Waals surface area contributed by atoms with Crippen LogP contribution in [-0.2, 0) is 11.8 Å². The summed E-state index contributed by atoms with van der Waals surface area (Å²) in [6, 6.07) is 23.5. The summed E-state index contributed by atoms with van der Waals surface area (Å²) in [6.07, 6.45) is 8.00. The number of nitrogens with zero attached hydrogens (tertiary/aromatic N) is 3. The van der Waals surface area contributed by atoms with Crippen LogP contribution < -0.4 is 20.5 Å². The summed E-state index contributed by atoms with van der Waals surface area (Å²) in [4.78, 5) is 19.7. The average molecular weight is 521 g/mol. The van der Waals surface area contributed by atoms with Crippen LogP contribution >= 0.6 is 0 Å². The van der Waals surface area contributed by atoms with Crippen molar-refractivity contribution in [2.45, 2.75) is 43.9 Å². The first kappa shape index (κ1) is 24.9. The molecule has 2 aliphatic rings. The van der Waals surface area contributed by atoms with E-state index in [0.29, 0.717) is 17.4 Å². The molecule has 4 aromatic rings. The molecule has 1 aromatic heterocycles. The highest BCUT2D eigenvalue weighted by atomic mass is 16.5. The van der Waals surface area contributed by atoms with Gasteiger partial charge >= 0.3 is 0 Å². The number of nitrogens with one attached hydrogen (secondary N) is 1. The lowest BCUT2D eigenvalue weighted by atomic mass is 9.62. The Balaban J connectivity index is 1.53. The molecule has 0 unspecified atom stereocenters. The van der Waals surface area contributed by atoms with Gasteiger partial charge in [0.2, 0.25) is 5.95 Å². The molecule has 0 saturated heterocycles. The van der Waals surface area contributed by atoms with Gasteiger partial charge in [0.25, 0.3) is 5.56 Å². The van der Waals surface area contributed by atoms with Gasteiger partial charge in [0, 0.05) is 17.0 Å². The van der Waals surface area contributed by atoms with Gasteiger partial charge in [0.05, 0.1) is 37.4 Å². The van der Waals surface area contributed by atoms with Crippen molar-refractivity contribution in [3.05, 3.63) is 99.8 Å². The fourth-order valence-electron chi connectivity index (χ4n) is 6.13. The Labute approximate surface area is 228 Å². The molecule has 198 valence electrons. The minimum atomic E-state index is -0.211. The number of ether oxygens (including phenoxy) is 2. The standard InChI is InChI=1S/C32H32N4O3/c1-38-25-15-13-22(14-16-25)21-33-35-31-34-29-27-12-5-4-9-23(27)20-32(17-6-3-7-18-32)28(29)30(37)36(31)24-10-8-11-26(19-24)39-2/h4-5,8-16,19,21H,3,6-7,17-18,20H2,1-2H3,(H,34,35)/b33-21-. The topological polar surface area (TPSA) is 77.7 Å². The average Bonchev–Trinajstić information content (AvgIpc) is 2.98. The van der Waals surface area contributed by atoms with Gasteiger partial charge in [0.15, 0.2) is 0 Å². The summed E-state index contributed by atoms with van der Waals surface area (Å²) in [5.41, 5.74) is 8.28. The number of hydrogen-bond donors (Lipinski definition) is 1. The molecule has 0 amide bonds. The van der Waals surface area contributed by atoms with Crippen LogP contribution in [0.1, 0.15) is 48.8 Å². The van der Waals surface area contributed by atoms with Gasteiger partial charge in [0.1, 0.15) is 11.5 Å². The van der Waals surface area contributed by atoms with E-state index in [9.17, 15) is 4.79 Å². The van der Waals surface area contributed by atoms with Gasteiger partial charge in [-0.25, -0.2) is 15.0 Å². The normalized spacial score (nSPS) is 15.5. The van der Waals surface area contributed by atoms with Gasteiger partial charge in [-0.2, -0.15) is 5.10 Å². The minimum absolute atomic E-state index is 0.0493. The van der Waals surface area contributed by atoms with E-state index < -0.39 is 0 Å². The predicted octanol–water partition coefficient (Wildman–Crippen LogP) is 6.12. The maximum atomic E-state index is 14.6. The van der Waals surface area contributed by atoms with Crippen molar-refractivity contribution in [3.8, 4) is 28.4 Å². The second-order valence-corrected chi connectivity index (χ2v) is 10.3.